The van der Waals surface area contributed by atoms with Crippen LogP contribution in [-0.2, 0) is 4.79 Å². The van der Waals surface area contributed by atoms with Crippen molar-refractivity contribution in [3.05, 3.63) is 0 Å². The van der Waals surface area contributed by atoms with Gasteiger partial charge in [-0.3, -0.25) is 4.79 Å². The monoisotopic (exact) mass is 165 g/mol. The molecule has 0 bridgehead atoms. The molecule has 2 heteroatoms. The quantitative estimate of drug-likeness (QED) is 0.453. The zero-order chi connectivity index (χ0) is 8.97. The molecule has 1 aliphatic rings. The first-order valence-electron chi connectivity index (χ1n) is 4.44. The molecule has 66 valence electrons. The van der Waals surface area contributed by atoms with Gasteiger partial charge in [-0.05, 0) is 11.8 Å². The van der Waals surface area contributed by atoms with E-state index in [1.165, 1.54) is 0 Å². The topological polar surface area (TPSA) is 20.3 Å². The minimum atomic E-state index is 0.533. The zero-order valence-corrected chi connectivity index (χ0v) is 7.49. The Bertz CT molecular complexity index is 195. The Morgan fingerprint density at radius 2 is 2.25 bits per heavy atom. The molecule has 0 saturated carbocycles. The van der Waals surface area contributed by atoms with E-state index in [9.17, 15) is 4.79 Å². The molecule has 1 amide bonds. The SMILES string of the molecule is C#CC[C@@H]1CN(C=O)CC1CC. The molecule has 0 aromatic rings. The van der Waals surface area contributed by atoms with Crippen molar-refractivity contribution in [2.24, 2.45) is 11.8 Å². The van der Waals surface area contributed by atoms with Crippen LogP contribution in [0, 0.1) is 24.2 Å². The van der Waals surface area contributed by atoms with Crippen LogP contribution in [0.4, 0.5) is 0 Å². The van der Waals surface area contributed by atoms with Gasteiger partial charge in [0, 0.05) is 19.5 Å². The molecule has 1 fully saturated rings. The highest BCUT2D eigenvalue weighted by molar-refractivity contribution is 5.47. The highest BCUT2D eigenvalue weighted by Gasteiger charge is 2.29. The Balaban J connectivity index is 2.51. The van der Waals surface area contributed by atoms with Gasteiger partial charge in [0.15, 0.2) is 0 Å². The highest BCUT2D eigenvalue weighted by atomic mass is 16.1. The minimum absolute atomic E-state index is 0.533. The third-order valence-corrected chi connectivity index (χ3v) is 2.66. The van der Waals surface area contributed by atoms with E-state index in [1.807, 2.05) is 4.90 Å². The van der Waals surface area contributed by atoms with Crippen molar-refractivity contribution < 1.29 is 4.79 Å². The number of rotatable bonds is 3. The van der Waals surface area contributed by atoms with Crippen LogP contribution in [-0.4, -0.2) is 24.4 Å². The zero-order valence-electron chi connectivity index (χ0n) is 7.49. The van der Waals surface area contributed by atoms with Crippen molar-refractivity contribution in [2.45, 2.75) is 19.8 Å². The van der Waals surface area contributed by atoms with Gasteiger partial charge in [0.2, 0.25) is 6.41 Å². The summed E-state index contributed by atoms with van der Waals surface area (Å²) in [6.07, 6.45) is 8.12. The van der Waals surface area contributed by atoms with Gasteiger partial charge in [0.05, 0.1) is 0 Å². The van der Waals surface area contributed by atoms with E-state index in [0.29, 0.717) is 11.8 Å². The summed E-state index contributed by atoms with van der Waals surface area (Å²) in [6.45, 7) is 3.90. The van der Waals surface area contributed by atoms with Gasteiger partial charge in [-0.2, -0.15) is 0 Å². The summed E-state index contributed by atoms with van der Waals surface area (Å²) in [6, 6.07) is 0. The van der Waals surface area contributed by atoms with Crippen molar-refractivity contribution in [3.63, 3.8) is 0 Å². The molecular formula is C10H15NO. The molecule has 0 aliphatic carbocycles. The van der Waals surface area contributed by atoms with E-state index in [1.54, 1.807) is 0 Å². The number of carbonyl (C=O) groups excluding carboxylic acids is 1. The number of carbonyl (C=O) groups is 1. The van der Waals surface area contributed by atoms with Gasteiger partial charge < -0.3 is 4.90 Å². The van der Waals surface area contributed by atoms with Crippen LogP contribution in [0.15, 0.2) is 0 Å². The third kappa shape index (κ3) is 1.79. The molecule has 0 aromatic carbocycles. The molecule has 1 unspecified atom stereocenters. The number of terminal acetylenes is 1. The van der Waals surface area contributed by atoms with Gasteiger partial charge in [0.1, 0.15) is 0 Å². The van der Waals surface area contributed by atoms with Crippen LogP contribution in [0.1, 0.15) is 19.8 Å². The first-order valence-corrected chi connectivity index (χ1v) is 4.44. The predicted molar refractivity (Wildman–Crippen MR) is 48.4 cm³/mol. The maximum Gasteiger partial charge on any atom is 0.209 e. The van der Waals surface area contributed by atoms with E-state index in [2.05, 4.69) is 12.8 Å². The van der Waals surface area contributed by atoms with Gasteiger partial charge in [-0.1, -0.05) is 13.3 Å². The van der Waals surface area contributed by atoms with Crippen LogP contribution in [0.3, 0.4) is 0 Å². The number of likely N-dealkylation sites (tertiary alicyclic amines) is 1. The summed E-state index contributed by atoms with van der Waals surface area (Å²) in [5, 5.41) is 0. The van der Waals surface area contributed by atoms with Crippen molar-refractivity contribution in [3.8, 4) is 12.3 Å². The lowest BCUT2D eigenvalue weighted by Crippen LogP contribution is -2.18. The molecular weight excluding hydrogens is 150 g/mol. The molecule has 0 aromatic heterocycles. The molecule has 1 heterocycles. The summed E-state index contributed by atoms with van der Waals surface area (Å²) in [7, 11) is 0. The summed E-state index contributed by atoms with van der Waals surface area (Å²) < 4.78 is 0. The Hall–Kier alpha value is -0.970. The van der Waals surface area contributed by atoms with Gasteiger partial charge in [-0.15, -0.1) is 12.3 Å². The molecule has 0 N–H and O–H groups in total. The molecule has 1 aliphatic heterocycles. The predicted octanol–water partition coefficient (Wildman–Crippen LogP) is 1.12. The summed E-state index contributed by atoms with van der Waals surface area (Å²) in [4.78, 5) is 12.3. The lowest BCUT2D eigenvalue weighted by atomic mass is 9.91. The van der Waals surface area contributed by atoms with Gasteiger partial charge >= 0.3 is 0 Å². The standard InChI is InChI=1S/C10H15NO/c1-3-5-10-7-11(8-12)6-9(10)4-2/h1,8-10H,4-7H2,2H3/t9?,10-/m1/s1. The van der Waals surface area contributed by atoms with E-state index in [0.717, 1.165) is 32.3 Å². The fourth-order valence-electron chi connectivity index (χ4n) is 1.91. The Morgan fingerprint density at radius 3 is 2.75 bits per heavy atom. The molecule has 0 radical (unpaired) electrons. The second kappa shape index (κ2) is 4.15. The number of amides is 1. The lowest BCUT2D eigenvalue weighted by molar-refractivity contribution is -0.117. The first-order chi connectivity index (χ1) is 5.81. The van der Waals surface area contributed by atoms with E-state index < -0.39 is 0 Å². The smallest absolute Gasteiger partial charge is 0.209 e. The number of hydrogen-bond donors (Lipinski definition) is 0. The summed E-state index contributed by atoms with van der Waals surface area (Å²) in [5.74, 6) is 3.83. The lowest BCUT2D eigenvalue weighted by Gasteiger charge is -2.11. The molecule has 1 saturated heterocycles. The Morgan fingerprint density at radius 1 is 1.58 bits per heavy atom. The second-order valence-electron chi connectivity index (χ2n) is 3.40. The average Bonchev–Trinajstić information content (AvgIpc) is 2.48. The minimum Gasteiger partial charge on any atom is -0.345 e. The average molecular weight is 165 g/mol. The largest absolute Gasteiger partial charge is 0.345 e. The Labute approximate surface area is 73.9 Å². The molecule has 12 heavy (non-hydrogen) atoms. The fourth-order valence-corrected chi connectivity index (χ4v) is 1.91. The number of hydrogen-bond acceptors (Lipinski definition) is 1. The third-order valence-electron chi connectivity index (χ3n) is 2.66. The van der Waals surface area contributed by atoms with E-state index in [-0.39, 0.29) is 0 Å². The summed E-state index contributed by atoms with van der Waals surface area (Å²) >= 11 is 0. The van der Waals surface area contributed by atoms with Crippen LogP contribution in [0.2, 0.25) is 0 Å². The van der Waals surface area contributed by atoms with Crippen molar-refractivity contribution in [2.75, 3.05) is 13.1 Å². The normalized spacial score (nSPS) is 28.5. The number of nitrogens with zero attached hydrogens (tertiary/aromatic N) is 1. The van der Waals surface area contributed by atoms with Gasteiger partial charge in [-0.25, -0.2) is 0 Å². The highest BCUT2D eigenvalue weighted by Crippen LogP contribution is 2.27. The molecule has 0 spiro atoms. The van der Waals surface area contributed by atoms with Crippen LogP contribution < -0.4 is 0 Å². The van der Waals surface area contributed by atoms with Crippen LogP contribution in [0.25, 0.3) is 0 Å². The van der Waals surface area contributed by atoms with E-state index >= 15 is 0 Å². The first kappa shape index (κ1) is 9.12. The molecule has 2 nitrogen and oxygen atoms in total. The van der Waals surface area contributed by atoms with Crippen LogP contribution >= 0.6 is 0 Å². The van der Waals surface area contributed by atoms with Gasteiger partial charge in [0.25, 0.3) is 0 Å². The summed E-state index contributed by atoms with van der Waals surface area (Å²) in [5.41, 5.74) is 0. The Kier molecular flexibility index (Phi) is 3.16. The maximum absolute atomic E-state index is 10.5. The maximum atomic E-state index is 10.5. The van der Waals surface area contributed by atoms with E-state index in [4.69, 9.17) is 6.42 Å². The van der Waals surface area contributed by atoms with Crippen molar-refractivity contribution in [1.29, 1.82) is 0 Å². The van der Waals surface area contributed by atoms with Crippen LogP contribution in [0.5, 0.6) is 0 Å². The molecule has 1 rings (SSSR count). The molecule has 2 atom stereocenters. The van der Waals surface area contributed by atoms with Crippen molar-refractivity contribution in [1.82, 2.24) is 4.90 Å². The second-order valence-corrected chi connectivity index (χ2v) is 3.40. The van der Waals surface area contributed by atoms with Crippen molar-refractivity contribution >= 4 is 6.41 Å². The fraction of sp³-hybridized carbons (Fsp3) is 0.700.